The lowest BCUT2D eigenvalue weighted by molar-refractivity contribution is -0.113. The van der Waals surface area contributed by atoms with E-state index in [4.69, 9.17) is 0 Å². The maximum absolute atomic E-state index is 13.6. The summed E-state index contributed by atoms with van der Waals surface area (Å²) >= 11 is 2.27. The first-order valence-corrected chi connectivity index (χ1v) is 9.63. The van der Waals surface area contributed by atoms with Gasteiger partial charge in [-0.15, -0.1) is 10.2 Å². The number of para-hydroxylation sites is 3. The molecule has 3 rings (SSSR count). The molecule has 146 valence electrons. The molecule has 0 aliphatic heterocycles. The minimum absolute atomic E-state index is 0.0165. The molecule has 3 aromatic rings. The second kappa shape index (κ2) is 9.42. The van der Waals surface area contributed by atoms with Crippen LogP contribution in [0, 0.1) is 5.82 Å². The summed E-state index contributed by atoms with van der Waals surface area (Å²) < 4.78 is 43.3. The Bertz CT molecular complexity index is 955. The van der Waals surface area contributed by atoms with Gasteiger partial charge in [-0.3, -0.25) is 4.79 Å². The van der Waals surface area contributed by atoms with Crippen molar-refractivity contribution in [3.63, 3.8) is 0 Å². The molecule has 0 saturated heterocycles. The van der Waals surface area contributed by atoms with Crippen molar-refractivity contribution in [2.45, 2.75) is 11.0 Å². The highest BCUT2D eigenvalue weighted by Crippen LogP contribution is 2.29. The molecule has 1 aromatic heterocycles. The molecule has 1 heterocycles. The van der Waals surface area contributed by atoms with E-state index in [1.807, 2.05) is 0 Å². The Morgan fingerprint density at radius 3 is 2.57 bits per heavy atom. The van der Waals surface area contributed by atoms with Crippen LogP contribution in [0.2, 0.25) is 0 Å². The number of anilines is 3. The van der Waals surface area contributed by atoms with Gasteiger partial charge in [0.05, 0.1) is 17.1 Å². The normalized spacial score (nSPS) is 10.7. The molecule has 0 spiro atoms. The van der Waals surface area contributed by atoms with Crippen molar-refractivity contribution >= 4 is 45.5 Å². The van der Waals surface area contributed by atoms with E-state index in [1.54, 1.807) is 24.3 Å². The molecule has 0 aliphatic rings. The van der Waals surface area contributed by atoms with Gasteiger partial charge in [-0.05, 0) is 24.3 Å². The summed E-state index contributed by atoms with van der Waals surface area (Å²) in [6, 6.07) is 12.0. The molecule has 0 atom stereocenters. The summed E-state index contributed by atoms with van der Waals surface area (Å²) in [5.41, 5.74) is 0.413. The van der Waals surface area contributed by atoms with Crippen LogP contribution in [0.15, 0.2) is 52.9 Å². The topological polar surface area (TPSA) is 76.1 Å². The average molecular weight is 426 g/mol. The smallest absolute Gasteiger partial charge is 0.387 e. The Labute approximate surface area is 166 Å². The Balaban J connectivity index is 1.54. The van der Waals surface area contributed by atoms with Crippen molar-refractivity contribution in [1.29, 1.82) is 0 Å². The van der Waals surface area contributed by atoms with Crippen LogP contribution in [0.3, 0.4) is 0 Å². The first kappa shape index (κ1) is 20.0. The molecule has 2 N–H and O–H groups in total. The predicted molar refractivity (Wildman–Crippen MR) is 102 cm³/mol. The Kier molecular flexibility index (Phi) is 6.71. The molecule has 0 radical (unpaired) electrons. The predicted octanol–water partition coefficient (Wildman–Crippen LogP) is 4.75. The molecule has 2 aromatic carbocycles. The van der Waals surface area contributed by atoms with Gasteiger partial charge in [-0.2, -0.15) is 8.78 Å². The van der Waals surface area contributed by atoms with Crippen LogP contribution in [-0.2, 0) is 4.79 Å². The van der Waals surface area contributed by atoms with Crippen molar-refractivity contribution < 1.29 is 22.7 Å². The maximum Gasteiger partial charge on any atom is 0.387 e. The Hall–Kier alpha value is -2.79. The summed E-state index contributed by atoms with van der Waals surface area (Å²) in [5.74, 6) is -0.981. The van der Waals surface area contributed by atoms with Gasteiger partial charge in [0.15, 0.2) is 4.34 Å². The van der Waals surface area contributed by atoms with Gasteiger partial charge in [-0.25, -0.2) is 4.39 Å². The van der Waals surface area contributed by atoms with Gasteiger partial charge in [0.25, 0.3) is 0 Å². The van der Waals surface area contributed by atoms with Crippen LogP contribution in [0.25, 0.3) is 0 Å². The molecular weight excluding hydrogens is 413 g/mol. The van der Waals surface area contributed by atoms with Crippen LogP contribution in [0.1, 0.15) is 0 Å². The average Bonchev–Trinajstić information content (AvgIpc) is 3.11. The molecule has 0 bridgehead atoms. The lowest BCUT2D eigenvalue weighted by Crippen LogP contribution is -2.15. The van der Waals surface area contributed by atoms with Crippen molar-refractivity contribution in [1.82, 2.24) is 10.2 Å². The van der Waals surface area contributed by atoms with Crippen LogP contribution >= 0.6 is 23.1 Å². The fraction of sp³-hybridized carbons (Fsp3) is 0.118. The lowest BCUT2D eigenvalue weighted by Gasteiger charge is -2.11. The fourth-order valence-electron chi connectivity index (χ4n) is 2.08. The number of ether oxygens (including phenoxy) is 1. The molecular formula is C17H13F3N4O2S2. The minimum Gasteiger partial charge on any atom is -0.433 e. The van der Waals surface area contributed by atoms with E-state index < -0.39 is 18.3 Å². The van der Waals surface area contributed by atoms with Crippen LogP contribution < -0.4 is 15.4 Å². The van der Waals surface area contributed by atoms with E-state index in [0.717, 1.165) is 23.1 Å². The molecule has 1 amide bonds. The molecule has 28 heavy (non-hydrogen) atoms. The number of carbonyl (C=O) groups excluding carboxylic acids is 1. The summed E-state index contributed by atoms with van der Waals surface area (Å²) in [7, 11) is 0. The molecule has 0 saturated carbocycles. The summed E-state index contributed by atoms with van der Waals surface area (Å²) in [6.45, 7) is -2.99. The third-order valence-electron chi connectivity index (χ3n) is 3.23. The molecule has 0 aliphatic carbocycles. The van der Waals surface area contributed by atoms with Crippen molar-refractivity contribution in [3.05, 3.63) is 54.3 Å². The summed E-state index contributed by atoms with van der Waals surface area (Å²) in [6.07, 6.45) is 0. The number of hydrogen-bond acceptors (Lipinski definition) is 7. The fourth-order valence-corrected chi connectivity index (χ4v) is 3.64. The third kappa shape index (κ3) is 5.60. The van der Waals surface area contributed by atoms with Crippen LogP contribution in [-0.4, -0.2) is 28.5 Å². The highest BCUT2D eigenvalue weighted by molar-refractivity contribution is 8.01. The largest absolute Gasteiger partial charge is 0.433 e. The first-order valence-electron chi connectivity index (χ1n) is 7.83. The quantitative estimate of drug-likeness (QED) is 0.506. The number of thioether (sulfide) groups is 1. The molecule has 11 heteroatoms. The highest BCUT2D eigenvalue weighted by atomic mass is 32.2. The van der Waals surface area contributed by atoms with Crippen molar-refractivity contribution in [2.24, 2.45) is 0 Å². The number of carbonyl (C=O) groups is 1. The Morgan fingerprint density at radius 2 is 1.82 bits per heavy atom. The molecule has 0 unspecified atom stereocenters. The van der Waals surface area contributed by atoms with E-state index in [9.17, 15) is 18.0 Å². The Morgan fingerprint density at radius 1 is 1.11 bits per heavy atom. The number of alkyl halides is 2. The van der Waals surface area contributed by atoms with Crippen LogP contribution in [0.5, 0.6) is 5.75 Å². The van der Waals surface area contributed by atoms with Gasteiger partial charge < -0.3 is 15.4 Å². The van der Waals surface area contributed by atoms with E-state index in [1.165, 1.54) is 24.3 Å². The van der Waals surface area contributed by atoms with E-state index >= 15 is 0 Å². The second-order valence-electron chi connectivity index (χ2n) is 5.19. The SMILES string of the molecule is O=C(CSc1nnc(Nc2ccccc2F)s1)Nc1ccccc1OC(F)F. The van der Waals surface area contributed by atoms with Gasteiger partial charge in [0.2, 0.25) is 11.0 Å². The standard InChI is InChI=1S/C17H13F3N4O2S2/c18-10-5-1-2-6-11(10)22-16-23-24-17(28-16)27-9-14(25)21-12-7-3-4-8-13(12)26-15(19)20/h1-8,15H,9H2,(H,21,25)(H,22,23). The van der Waals surface area contributed by atoms with Gasteiger partial charge in [-0.1, -0.05) is 47.4 Å². The van der Waals surface area contributed by atoms with Gasteiger partial charge in [0, 0.05) is 0 Å². The van der Waals surface area contributed by atoms with Crippen LogP contribution in [0.4, 0.5) is 29.7 Å². The van der Waals surface area contributed by atoms with E-state index in [-0.39, 0.29) is 22.9 Å². The number of nitrogens with one attached hydrogen (secondary N) is 2. The number of aromatic nitrogens is 2. The third-order valence-corrected chi connectivity index (χ3v) is 5.20. The number of amides is 1. The first-order chi connectivity index (χ1) is 13.5. The number of rotatable bonds is 8. The number of hydrogen-bond donors (Lipinski definition) is 2. The number of benzene rings is 2. The summed E-state index contributed by atoms with van der Waals surface area (Å²) in [5, 5.41) is 13.5. The second-order valence-corrected chi connectivity index (χ2v) is 7.39. The van der Waals surface area contributed by atoms with E-state index in [0.29, 0.717) is 9.47 Å². The van der Waals surface area contributed by atoms with Crippen molar-refractivity contribution in [3.8, 4) is 5.75 Å². The zero-order valence-electron chi connectivity index (χ0n) is 14.1. The monoisotopic (exact) mass is 426 g/mol. The summed E-state index contributed by atoms with van der Waals surface area (Å²) in [4.78, 5) is 12.1. The maximum atomic E-state index is 13.6. The molecule has 6 nitrogen and oxygen atoms in total. The molecule has 0 fully saturated rings. The van der Waals surface area contributed by atoms with Gasteiger partial charge >= 0.3 is 6.61 Å². The van der Waals surface area contributed by atoms with Crippen molar-refractivity contribution in [2.75, 3.05) is 16.4 Å². The highest BCUT2D eigenvalue weighted by Gasteiger charge is 2.13. The minimum atomic E-state index is -2.99. The number of nitrogens with zero attached hydrogens (tertiary/aromatic N) is 2. The zero-order chi connectivity index (χ0) is 19.9. The zero-order valence-corrected chi connectivity index (χ0v) is 15.7. The van der Waals surface area contributed by atoms with E-state index in [2.05, 4.69) is 25.6 Å². The lowest BCUT2D eigenvalue weighted by atomic mass is 10.3. The van der Waals surface area contributed by atoms with Gasteiger partial charge in [0.1, 0.15) is 11.6 Å². The number of halogens is 3.